The van der Waals surface area contributed by atoms with Crippen molar-refractivity contribution in [3.05, 3.63) is 59.4 Å². The van der Waals surface area contributed by atoms with Crippen LogP contribution in [0.3, 0.4) is 0 Å². The third kappa shape index (κ3) is 4.02. The number of anilines is 3. The average molecular weight is 445 g/mol. The van der Waals surface area contributed by atoms with Gasteiger partial charge >= 0.3 is 0 Å². The molecule has 0 atom stereocenters. The number of hydrogen-bond acceptors (Lipinski definition) is 7. The van der Waals surface area contributed by atoms with Crippen LogP contribution in [0, 0.1) is 6.92 Å². The molecule has 1 fully saturated rings. The van der Waals surface area contributed by atoms with Crippen molar-refractivity contribution in [2.75, 3.05) is 30.3 Å². The number of β-amino-alcohol motifs (C(OH)–C–C–N with tert-alkyl or cyclic N) is 1. The third-order valence-corrected chi connectivity index (χ3v) is 6.34. The van der Waals surface area contributed by atoms with Crippen molar-refractivity contribution in [3.8, 4) is 11.3 Å². The fourth-order valence-corrected chi connectivity index (χ4v) is 4.40. The predicted molar refractivity (Wildman–Crippen MR) is 128 cm³/mol. The number of pyridine rings is 1. The number of aryl methyl sites for hydroxylation is 1. The molecule has 33 heavy (non-hydrogen) atoms. The van der Waals surface area contributed by atoms with Crippen molar-refractivity contribution in [3.63, 3.8) is 0 Å². The monoisotopic (exact) mass is 444 g/mol. The van der Waals surface area contributed by atoms with Gasteiger partial charge in [0, 0.05) is 46.7 Å². The summed E-state index contributed by atoms with van der Waals surface area (Å²) in [6, 6.07) is 9.52. The lowest BCUT2D eigenvalue weighted by Gasteiger charge is -2.44. The number of rotatable bonds is 4. The van der Waals surface area contributed by atoms with E-state index in [0.29, 0.717) is 24.6 Å². The molecular weight excluding hydrogens is 416 g/mol. The van der Waals surface area contributed by atoms with Gasteiger partial charge in [-0.1, -0.05) is 13.8 Å². The second-order valence-corrected chi connectivity index (χ2v) is 9.94. The highest BCUT2D eigenvalue weighted by Gasteiger charge is 2.39. The standard InChI is InChI=1S/C25H28N6O2/c1-15-9-16(22(32)31-13-25(4,33)14-31)5-6-19(15)29-23-26-8-7-20(30-23)17-10-18-21(27-11-17)28-12-24(18,2)3/h5-11,33H,12-14H2,1-4H3,(H,27,28)(H,26,29,30). The Morgan fingerprint density at radius 2 is 1.94 bits per heavy atom. The minimum Gasteiger partial charge on any atom is -0.386 e. The molecule has 0 radical (unpaired) electrons. The van der Waals surface area contributed by atoms with E-state index in [1.54, 1.807) is 24.1 Å². The Morgan fingerprint density at radius 1 is 1.15 bits per heavy atom. The van der Waals surface area contributed by atoms with Crippen LogP contribution in [0.25, 0.3) is 11.3 Å². The molecule has 2 aliphatic heterocycles. The van der Waals surface area contributed by atoms with Crippen LogP contribution in [0.1, 0.15) is 42.3 Å². The molecule has 3 N–H and O–H groups in total. The lowest BCUT2D eigenvalue weighted by Crippen LogP contribution is -2.61. The lowest BCUT2D eigenvalue weighted by atomic mass is 9.87. The largest absolute Gasteiger partial charge is 0.386 e. The van der Waals surface area contributed by atoms with Gasteiger partial charge in [0.15, 0.2) is 0 Å². The summed E-state index contributed by atoms with van der Waals surface area (Å²) in [6.45, 7) is 9.66. The number of aliphatic hydroxyl groups is 1. The van der Waals surface area contributed by atoms with Gasteiger partial charge in [-0.15, -0.1) is 0 Å². The van der Waals surface area contributed by atoms with Crippen LogP contribution in [0.4, 0.5) is 17.5 Å². The van der Waals surface area contributed by atoms with E-state index in [9.17, 15) is 9.90 Å². The normalized spacial score (nSPS) is 17.7. The maximum atomic E-state index is 12.6. The molecule has 1 aromatic carbocycles. The number of carbonyl (C=O) groups excluding carboxylic acids is 1. The highest BCUT2D eigenvalue weighted by molar-refractivity contribution is 5.95. The Labute approximate surface area is 193 Å². The number of fused-ring (bicyclic) bond motifs is 1. The fraction of sp³-hybridized carbons (Fsp3) is 0.360. The number of nitrogens with zero attached hydrogens (tertiary/aromatic N) is 4. The Balaban J connectivity index is 1.35. The molecule has 1 saturated heterocycles. The summed E-state index contributed by atoms with van der Waals surface area (Å²) in [4.78, 5) is 27.9. The molecular formula is C25H28N6O2. The number of aromatic nitrogens is 3. The molecule has 4 heterocycles. The summed E-state index contributed by atoms with van der Waals surface area (Å²) in [5.41, 5.74) is 4.50. The van der Waals surface area contributed by atoms with Gasteiger partial charge in [-0.2, -0.15) is 0 Å². The van der Waals surface area contributed by atoms with Crippen molar-refractivity contribution in [2.24, 2.45) is 0 Å². The van der Waals surface area contributed by atoms with Crippen LogP contribution in [0.5, 0.6) is 0 Å². The molecule has 8 heteroatoms. The number of benzene rings is 1. The predicted octanol–water partition coefficient (Wildman–Crippen LogP) is 3.50. The van der Waals surface area contributed by atoms with Crippen LogP contribution < -0.4 is 10.6 Å². The van der Waals surface area contributed by atoms with Gasteiger partial charge in [0.2, 0.25) is 5.95 Å². The second kappa shape index (κ2) is 7.52. The van der Waals surface area contributed by atoms with E-state index in [-0.39, 0.29) is 11.3 Å². The van der Waals surface area contributed by atoms with E-state index in [2.05, 4.69) is 40.5 Å². The van der Waals surface area contributed by atoms with Gasteiger partial charge in [0.1, 0.15) is 5.82 Å². The number of hydrogen-bond donors (Lipinski definition) is 3. The van der Waals surface area contributed by atoms with Crippen LogP contribution in [0.2, 0.25) is 0 Å². The number of carbonyl (C=O) groups is 1. The van der Waals surface area contributed by atoms with E-state index in [4.69, 9.17) is 4.98 Å². The summed E-state index contributed by atoms with van der Waals surface area (Å²) in [5, 5.41) is 16.5. The van der Waals surface area contributed by atoms with Gasteiger partial charge in [-0.25, -0.2) is 15.0 Å². The number of likely N-dealkylation sites (tertiary alicyclic amines) is 1. The maximum absolute atomic E-state index is 12.6. The zero-order chi connectivity index (χ0) is 23.4. The summed E-state index contributed by atoms with van der Waals surface area (Å²) in [5.74, 6) is 1.34. The van der Waals surface area contributed by atoms with E-state index in [1.165, 1.54) is 5.56 Å². The van der Waals surface area contributed by atoms with Gasteiger partial charge in [-0.05, 0) is 49.7 Å². The molecule has 0 saturated carbocycles. The smallest absolute Gasteiger partial charge is 0.254 e. The van der Waals surface area contributed by atoms with Gasteiger partial charge < -0.3 is 20.6 Å². The summed E-state index contributed by atoms with van der Waals surface area (Å²) in [6.07, 6.45) is 3.56. The van der Waals surface area contributed by atoms with Crippen molar-refractivity contribution in [1.82, 2.24) is 19.9 Å². The highest BCUT2D eigenvalue weighted by atomic mass is 16.3. The van der Waals surface area contributed by atoms with Crippen LogP contribution in [-0.4, -0.2) is 56.1 Å². The molecule has 0 spiro atoms. The molecule has 170 valence electrons. The fourth-order valence-electron chi connectivity index (χ4n) is 4.40. The van der Waals surface area contributed by atoms with Crippen molar-refractivity contribution in [2.45, 2.75) is 38.7 Å². The Morgan fingerprint density at radius 3 is 2.67 bits per heavy atom. The lowest BCUT2D eigenvalue weighted by molar-refractivity contribution is -0.0668. The molecule has 0 aliphatic carbocycles. The average Bonchev–Trinajstić information content (AvgIpc) is 3.07. The first-order chi connectivity index (χ1) is 15.6. The molecule has 0 bridgehead atoms. The second-order valence-electron chi connectivity index (χ2n) is 9.94. The quantitative estimate of drug-likeness (QED) is 0.566. The van der Waals surface area contributed by atoms with Crippen LogP contribution in [0.15, 0.2) is 42.7 Å². The molecule has 1 amide bonds. The molecule has 8 nitrogen and oxygen atoms in total. The minimum absolute atomic E-state index is 0.0224. The van der Waals surface area contributed by atoms with Gasteiger partial charge in [-0.3, -0.25) is 4.79 Å². The van der Waals surface area contributed by atoms with Gasteiger partial charge in [0.25, 0.3) is 5.91 Å². The van der Waals surface area contributed by atoms with E-state index in [1.807, 2.05) is 31.3 Å². The van der Waals surface area contributed by atoms with Gasteiger partial charge in [0.05, 0.1) is 24.4 Å². The first kappa shape index (κ1) is 21.3. The molecule has 0 unspecified atom stereocenters. The van der Waals surface area contributed by atoms with Crippen molar-refractivity contribution in [1.29, 1.82) is 0 Å². The zero-order valence-electron chi connectivity index (χ0n) is 19.3. The van der Waals surface area contributed by atoms with E-state index < -0.39 is 5.60 Å². The first-order valence-corrected chi connectivity index (χ1v) is 11.1. The van der Waals surface area contributed by atoms with Crippen LogP contribution in [-0.2, 0) is 5.41 Å². The first-order valence-electron chi connectivity index (χ1n) is 11.1. The SMILES string of the molecule is Cc1cc(C(=O)N2CC(C)(O)C2)ccc1Nc1nccc(-c2cnc3c(c2)C(C)(C)CN3)n1. The van der Waals surface area contributed by atoms with Crippen molar-refractivity contribution < 1.29 is 9.90 Å². The Hall–Kier alpha value is -3.52. The number of amides is 1. The molecule has 2 aromatic heterocycles. The summed E-state index contributed by atoms with van der Waals surface area (Å²) in [7, 11) is 0. The minimum atomic E-state index is -0.783. The third-order valence-electron chi connectivity index (χ3n) is 6.34. The number of nitrogens with one attached hydrogen (secondary N) is 2. The summed E-state index contributed by atoms with van der Waals surface area (Å²) < 4.78 is 0. The molecule has 5 rings (SSSR count). The van der Waals surface area contributed by atoms with Crippen molar-refractivity contribution >= 4 is 23.4 Å². The topological polar surface area (TPSA) is 103 Å². The Bertz CT molecular complexity index is 1250. The maximum Gasteiger partial charge on any atom is 0.254 e. The van der Waals surface area contributed by atoms with Crippen LogP contribution >= 0.6 is 0 Å². The van der Waals surface area contributed by atoms with E-state index in [0.717, 1.165) is 34.9 Å². The highest BCUT2D eigenvalue weighted by Crippen LogP contribution is 2.37. The zero-order valence-corrected chi connectivity index (χ0v) is 19.3. The Kier molecular flexibility index (Phi) is 4.86. The summed E-state index contributed by atoms with van der Waals surface area (Å²) >= 11 is 0. The molecule has 2 aliphatic rings. The molecule has 3 aromatic rings. The van der Waals surface area contributed by atoms with E-state index >= 15 is 0 Å².